The van der Waals surface area contributed by atoms with Crippen molar-refractivity contribution in [2.45, 2.75) is 26.3 Å². The van der Waals surface area contributed by atoms with Gasteiger partial charge in [-0.1, -0.05) is 32.0 Å². The molecule has 2 aromatic carbocycles. The van der Waals surface area contributed by atoms with Gasteiger partial charge in [0, 0.05) is 32.6 Å². The number of hydrogen-bond acceptors (Lipinski definition) is 6. The molecule has 7 nitrogen and oxygen atoms in total. The summed E-state index contributed by atoms with van der Waals surface area (Å²) in [6, 6.07) is 14.0. The fraction of sp³-hybridized carbons (Fsp3) is 0.500. The SMILES string of the molecule is COc1ccccc1N1CCN(CC(=O)NC(c2ccc3c(c2)OCCCO3)C(C)C)CC1. The summed E-state index contributed by atoms with van der Waals surface area (Å²) in [5.74, 6) is 2.72. The molecular weight excluding hydrogens is 418 g/mol. The van der Waals surface area contributed by atoms with Crippen molar-refractivity contribution in [3.05, 3.63) is 48.0 Å². The van der Waals surface area contributed by atoms with Gasteiger partial charge >= 0.3 is 0 Å². The van der Waals surface area contributed by atoms with Crippen LogP contribution < -0.4 is 24.4 Å². The van der Waals surface area contributed by atoms with Crippen molar-refractivity contribution in [1.82, 2.24) is 10.2 Å². The summed E-state index contributed by atoms with van der Waals surface area (Å²) in [5.41, 5.74) is 2.15. The summed E-state index contributed by atoms with van der Waals surface area (Å²) in [6.45, 7) is 9.36. The molecule has 0 saturated carbocycles. The first-order chi connectivity index (χ1) is 16.0. The molecule has 1 atom stereocenters. The Morgan fingerprint density at radius 2 is 1.76 bits per heavy atom. The molecule has 7 heteroatoms. The lowest BCUT2D eigenvalue weighted by molar-refractivity contribution is -0.123. The number of nitrogens with one attached hydrogen (secondary N) is 1. The highest BCUT2D eigenvalue weighted by molar-refractivity contribution is 5.78. The Kier molecular flexibility index (Phi) is 7.60. The molecule has 1 fully saturated rings. The van der Waals surface area contributed by atoms with Crippen LogP contribution in [0.1, 0.15) is 31.9 Å². The number of rotatable bonds is 7. The second kappa shape index (κ2) is 10.8. The van der Waals surface area contributed by atoms with Crippen LogP contribution in [0.25, 0.3) is 0 Å². The number of ether oxygens (including phenoxy) is 3. The van der Waals surface area contributed by atoms with E-state index in [0.717, 1.165) is 61.1 Å². The molecule has 0 aliphatic carbocycles. The van der Waals surface area contributed by atoms with E-state index >= 15 is 0 Å². The van der Waals surface area contributed by atoms with Crippen molar-refractivity contribution in [3.8, 4) is 17.2 Å². The normalized spacial score (nSPS) is 17.4. The molecule has 178 valence electrons. The molecule has 2 aliphatic heterocycles. The number of anilines is 1. The first kappa shape index (κ1) is 23.2. The van der Waals surface area contributed by atoms with Crippen LogP contribution in [0, 0.1) is 5.92 Å². The Hall–Kier alpha value is -2.93. The quantitative estimate of drug-likeness (QED) is 0.693. The largest absolute Gasteiger partial charge is 0.495 e. The molecule has 0 spiro atoms. The van der Waals surface area contributed by atoms with E-state index < -0.39 is 0 Å². The van der Waals surface area contributed by atoms with Gasteiger partial charge in [-0.3, -0.25) is 9.69 Å². The fourth-order valence-electron chi connectivity index (χ4n) is 4.47. The van der Waals surface area contributed by atoms with Crippen molar-refractivity contribution in [3.63, 3.8) is 0 Å². The number of carbonyl (C=O) groups is 1. The van der Waals surface area contributed by atoms with E-state index in [2.05, 4.69) is 35.0 Å². The van der Waals surface area contributed by atoms with Gasteiger partial charge in [-0.2, -0.15) is 0 Å². The summed E-state index contributed by atoms with van der Waals surface area (Å²) in [5, 5.41) is 3.25. The Labute approximate surface area is 196 Å². The van der Waals surface area contributed by atoms with Gasteiger partial charge in [0.25, 0.3) is 0 Å². The minimum atomic E-state index is -0.0791. The average Bonchev–Trinajstić information content (AvgIpc) is 3.08. The first-order valence-corrected chi connectivity index (χ1v) is 11.8. The van der Waals surface area contributed by atoms with E-state index in [4.69, 9.17) is 14.2 Å². The van der Waals surface area contributed by atoms with Gasteiger partial charge in [-0.15, -0.1) is 0 Å². The van der Waals surface area contributed by atoms with Gasteiger partial charge in [0.05, 0.1) is 38.6 Å². The third-order valence-corrected chi connectivity index (χ3v) is 6.28. The third-order valence-electron chi connectivity index (χ3n) is 6.28. The molecular formula is C26H35N3O4. The first-order valence-electron chi connectivity index (χ1n) is 11.8. The number of fused-ring (bicyclic) bond motifs is 1. The number of nitrogens with zero attached hydrogens (tertiary/aromatic N) is 2. The van der Waals surface area contributed by atoms with E-state index in [9.17, 15) is 4.79 Å². The Morgan fingerprint density at radius 3 is 2.48 bits per heavy atom. The second-order valence-electron chi connectivity index (χ2n) is 8.98. The molecule has 0 bridgehead atoms. The van der Waals surface area contributed by atoms with Crippen molar-refractivity contribution in [2.75, 3.05) is 57.9 Å². The van der Waals surface area contributed by atoms with E-state index in [1.54, 1.807) is 7.11 Å². The van der Waals surface area contributed by atoms with E-state index in [0.29, 0.717) is 19.8 Å². The van der Waals surface area contributed by atoms with Crippen LogP contribution in [0.15, 0.2) is 42.5 Å². The van der Waals surface area contributed by atoms with Crippen molar-refractivity contribution in [1.29, 1.82) is 0 Å². The van der Waals surface area contributed by atoms with Gasteiger partial charge in [-0.05, 0) is 35.7 Å². The summed E-state index contributed by atoms with van der Waals surface area (Å²) in [6.07, 6.45) is 0.874. The highest BCUT2D eigenvalue weighted by atomic mass is 16.5. The van der Waals surface area contributed by atoms with Gasteiger partial charge < -0.3 is 24.4 Å². The van der Waals surface area contributed by atoms with E-state index in [1.165, 1.54) is 0 Å². The lowest BCUT2D eigenvalue weighted by atomic mass is 9.95. The van der Waals surface area contributed by atoms with Crippen molar-refractivity contribution in [2.24, 2.45) is 5.92 Å². The standard InChI is InChI=1S/C26H35N3O4/c1-19(2)26(20-9-10-23-24(17-20)33-16-6-15-32-23)27-25(30)18-28-11-13-29(14-12-28)21-7-4-5-8-22(21)31-3/h4-5,7-10,17,19,26H,6,11-16,18H2,1-3H3,(H,27,30). The molecule has 0 radical (unpaired) electrons. The number of piperazine rings is 1. The van der Waals surface area contributed by atoms with E-state index in [1.807, 2.05) is 36.4 Å². The number of benzene rings is 2. The van der Waals surface area contributed by atoms with Crippen LogP contribution in [0.2, 0.25) is 0 Å². The number of hydrogen-bond donors (Lipinski definition) is 1. The van der Waals surface area contributed by atoms with Crippen LogP contribution in [-0.4, -0.2) is 63.9 Å². The van der Waals surface area contributed by atoms with Gasteiger partial charge in [0.2, 0.25) is 5.91 Å². The zero-order valence-corrected chi connectivity index (χ0v) is 19.9. The lowest BCUT2D eigenvalue weighted by Crippen LogP contribution is -2.50. The van der Waals surface area contributed by atoms with Crippen LogP contribution in [0.3, 0.4) is 0 Å². The predicted molar refractivity (Wildman–Crippen MR) is 129 cm³/mol. The topological polar surface area (TPSA) is 63.3 Å². The molecule has 4 rings (SSSR count). The summed E-state index contributed by atoms with van der Waals surface area (Å²) >= 11 is 0. The smallest absolute Gasteiger partial charge is 0.234 e. The van der Waals surface area contributed by atoms with Crippen LogP contribution in [0.4, 0.5) is 5.69 Å². The molecule has 2 aromatic rings. The summed E-state index contributed by atoms with van der Waals surface area (Å²) in [7, 11) is 1.70. The van der Waals surface area contributed by atoms with Gasteiger partial charge in [0.1, 0.15) is 5.75 Å². The number of methoxy groups -OCH3 is 1. The third kappa shape index (κ3) is 5.71. The van der Waals surface area contributed by atoms with E-state index in [-0.39, 0.29) is 17.9 Å². The second-order valence-corrected chi connectivity index (χ2v) is 8.98. The highest BCUT2D eigenvalue weighted by Gasteiger charge is 2.24. The number of para-hydroxylation sites is 2. The Balaban J connectivity index is 1.34. The zero-order chi connectivity index (χ0) is 23.2. The Morgan fingerprint density at radius 1 is 1.03 bits per heavy atom. The molecule has 1 saturated heterocycles. The molecule has 2 aliphatic rings. The Bertz CT molecular complexity index is 941. The summed E-state index contributed by atoms with van der Waals surface area (Å²) < 4.78 is 17.1. The average molecular weight is 454 g/mol. The van der Waals surface area contributed by atoms with Crippen molar-refractivity contribution >= 4 is 11.6 Å². The van der Waals surface area contributed by atoms with Crippen LogP contribution >= 0.6 is 0 Å². The molecule has 33 heavy (non-hydrogen) atoms. The van der Waals surface area contributed by atoms with Crippen LogP contribution in [0.5, 0.6) is 17.2 Å². The maximum absolute atomic E-state index is 13.0. The minimum absolute atomic E-state index is 0.0477. The van der Waals surface area contributed by atoms with Gasteiger partial charge in [0.15, 0.2) is 11.5 Å². The zero-order valence-electron chi connectivity index (χ0n) is 19.9. The predicted octanol–water partition coefficient (Wildman–Crippen LogP) is 3.49. The maximum atomic E-state index is 13.0. The lowest BCUT2D eigenvalue weighted by Gasteiger charge is -2.36. The van der Waals surface area contributed by atoms with Crippen molar-refractivity contribution < 1.29 is 19.0 Å². The fourth-order valence-corrected chi connectivity index (χ4v) is 4.47. The minimum Gasteiger partial charge on any atom is -0.495 e. The number of carbonyl (C=O) groups excluding carboxylic acids is 1. The summed E-state index contributed by atoms with van der Waals surface area (Å²) in [4.78, 5) is 17.5. The molecule has 2 heterocycles. The molecule has 0 aromatic heterocycles. The monoisotopic (exact) mass is 453 g/mol. The van der Waals surface area contributed by atoms with Crippen LogP contribution in [-0.2, 0) is 4.79 Å². The van der Waals surface area contributed by atoms with Gasteiger partial charge in [-0.25, -0.2) is 0 Å². The number of amides is 1. The molecule has 1 amide bonds. The molecule has 1 unspecified atom stereocenters. The molecule has 1 N–H and O–H groups in total. The maximum Gasteiger partial charge on any atom is 0.234 e. The highest BCUT2D eigenvalue weighted by Crippen LogP contribution is 2.34.